The average molecular weight is 380 g/mol. The van der Waals surface area contributed by atoms with Crippen LogP contribution in [0.5, 0.6) is 0 Å². The van der Waals surface area contributed by atoms with Crippen LogP contribution in [0.15, 0.2) is 36.4 Å². The molecular formula is C22H24N2O4. The normalized spacial score (nSPS) is 15.9. The molecule has 6 heteroatoms. The number of amides is 1. The highest BCUT2D eigenvalue weighted by atomic mass is 16.5. The summed E-state index contributed by atoms with van der Waals surface area (Å²) in [7, 11) is 1.24. The van der Waals surface area contributed by atoms with Gasteiger partial charge in [-0.05, 0) is 37.0 Å². The SMILES string of the molecule is COC(=O)C(O)c1cccc2c1c1c(C(N)=O)cccc1n2CC1CCCC1. The van der Waals surface area contributed by atoms with Crippen LogP contribution in [0.25, 0.3) is 21.8 Å². The molecule has 1 fully saturated rings. The number of nitrogens with zero attached hydrogens (tertiary/aromatic N) is 1. The van der Waals surface area contributed by atoms with Gasteiger partial charge in [-0.15, -0.1) is 0 Å². The topological polar surface area (TPSA) is 94.6 Å². The zero-order valence-electron chi connectivity index (χ0n) is 15.9. The number of hydrogen-bond donors (Lipinski definition) is 2. The van der Waals surface area contributed by atoms with Gasteiger partial charge in [0.1, 0.15) is 0 Å². The van der Waals surface area contributed by atoms with Crippen molar-refractivity contribution in [3.63, 3.8) is 0 Å². The van der Waals surface area contributed by atoms with E-state index in [1.165, 1.54) is 32.8 Å². The first-order valence-corrected chi connectivity index (χ1v) is 9.62. The van der Waals surface area contributed by atoms with Crippen molar-refractivity contribution in [2.45, 2.75) is 38.3 Å². The Morgan fingerprint density at radius 3 is 2.43 bits per heavy atom. The van der Waals surface area contributed by atoms with Gasteiger partial charge in [-0.1, -0.05) is 31.0 Å². The summed E-state index contributed by atoms with van der Waals surface area (Å²) >= 11 is 0. The molecule has 1 aliphatic carbocycles. The summed E-state index contributed by atoms with van der Waals surface area (Å²) in [5.74, 6) is -0.696. The highest BCUT2D eigenvalue weighted by Crippen LogP contribution is 2.38. The van der Waals surface area contributed by atoms with Gasteiger partial charge in [0, 0.05) is 39.5 Å². The number of ether oxygens (including phenoxy) is 1. The number of nitrogens with two attached hydrogens (primary N) is 1. The van der Waals surface area contributed by atoms with Crippen LogP contribution >= 0.6 is 0 Å². The number of carbonyl (C=O) groups excluding carboxylic acids is 2. The van der Waals surface area contributed by atoms with Crippen LogP contribution in [0.4, 0.5) is 0 Å². The van der Waals surface area contributed by atoms with E-state index in [-0.39, 0.29) is 0 Å². The maximum Gasteiger partial charge on any atom is 0.339 e. The lowest BCUT2D eigenvalue weighted by Gasteiger charge is -2.14. The highest BCUT2D eigenvalue weighted by Gasteiger charge is 2.26. The number of aromatic nitrogens is 1. The summed E-state index contributed by atoms with van der Waals surface area (Å²) < 4.78 is 6.93. The van der Waals surface area contributed by atoms with Gasteiger partial charge in [-0.25, -0.2) is 4.79 Å². The molecular weight excluding hydrogens is 356 g/mol. The first kappa shape index (κ1) is 18.5. The second-order valence-electron chi connectivity index (χ2n) is 7.49. The molecule has 0 spiro atoms. The van der Waals surface area contributed by atoms with Crippen molar-refractivity contribution >= 4 is 33.7 Å². The van der Waals surface area contributed by atoms with Crippen LogP contribution in [0.1, 0.15) is 47.7 Å². The van der Waals surface area contributed by atoms with Gasteiger partial charge in [-0.3, -0.25) is 4.79 Å². The summed E-state index contributed by atoms with van der Waals surface area (Å²) in [5, 5.41) is 11.9. The summed E-state index contributed by atoms with van der Waals surface area (Å²) in [4.78, 5) is 24.2. The van der Waals surface area contributed by atoms with Crippen LogP contribution in [0.2, 0.25) is 0 Å². The number of aliphatic hydroxyl groups excluding tert-OH is 1. The van der Waals surface area contributed by atoms with Crippen molar-refractivity contribution in [2.75, 3.05) is 7.11 Å². The van der Waals surface area contributed by atoms with Gasteiger partial charge in [-0.2, -0.15) is 0 Å². The van der Waals surface area contributed by atoms with E-state index in [9.17, 15) is 14.7 Å². The van der Waals surface area contributed by atoms with E-state index in [0.717, 1.165) is 17.6 Å². The molecule has 2 aromatic carbocycles. The number of fused-ring (bicyclic) bond motifs is 3. The average Bonchev–Trinajstić information content (AvgIpc) is 3.33. The lowest BCUT2D eigenvalue weighted by Crippen LogP contribution is -2.14. The van der Waals surface area contributed by atoms with Crippen molar-refractivity contribution in [1.82, 2.24) is 4.57 Å². The predicted octanol–water partition coefficient (Wildman–Crippen LogP) is 3.29. The molecule has 1 heterocycles. The first-order chi connectivity index (χ1) is 13.5. The Morgan fingerprint density at radius 1 is 1.14 bits per heavy atom. The maximum absolute atomic E-state index is 12.1. The Bertz CT molecular complexity index is 1060. The maximum atomic E-state index is 12.1. The van der Waals surface area contributed by atoms with E-state index in [1.807, 2.05) is 24.3 Å². The number of rotatable bonds is 5. The van der Waals surface area contributed by atoms with Crippen molar-refractivity contribution in [2.24, 2.45) is 11.7 Å². The second-order valence-corrected chi connectivity index (χ2v) is 7.49. The fourth-order valence-electron chi connectivity index (χ4n) is 4.53. The molecule has 4 rings (SSSR count). The number of benzene rings is 2. The third kappa shape index (κ3) is 2.94. The molecule has 1 saturated carbocycles. The molecule has 0 bridgehead atoms. The Morgan fingerprint density at radius 2 is 1.79 bits per heavy atom. The monoisotopic (exact) mass is 380 g/mol. The first-order valence-electron chi connectivity index (χ1n) is 9.62. The Balaban J connectivity index is 2.04. The van der Waals surface area contributed by atoms with Crippen molar-refractivity contribution in [3.8, 4) is 0 Å². The Labute approximate surface area is 162 Å². The fraction of sp³-hybridized carbons (Fsp3) is 0.364. The van der Waals surface area contributed by atoms with E-state index in [4.69, 9.17) is 10.5 Å². The van der Waals surface area contributed by atoms with Gasteiger partial charge < -0.3 is 20.1 Å². The Hall–Kier alpha value is -2.86. The third-order valence-electron chi connectivity index (χ3n) is 5.85. The number of hydrogen-bond acceptors (Lipinski definition) is 4. The van der Waals surface area contributed by atoms with Crippen molar-refractivity contribution < 1.29 is 19.4 Å². The van der Waals surface area contributed by atoms with Crippen LogP contribution in [0.3, 0.4) is 0 Å². The predicted molar refractivity (Wildman–Crippen MR) is 107 cm³/mol. The number of aliphatic hydroxyl groups is 1. The molecule has 0 saturated heterocycles. The van der Waals surface area contributed by atoms with Gasteiger partial charge in [0.15, 0.2) is 6.10 Å². The zero-order valence-corrected chi connectivity index (χ0v) is 15.9. The molecule has 1 aliphatic rings. The fourth-order valence-corrected chi connectivity index (χ4v) is 4.53. The largest absolute Gasteiger partial charge is 0.467 e. The van der Waals surface area contributed by atoms with E-state index in [0.29, 0.717) is 27.8 Å². The summed E-state index contributed by atoms with van der Waals surface area (Å²) in [5.41, 5.74) is 8.24. The molecule has 28 heavy (non-hydrogen) atoms. The van der Waals surface area contributed by atoms with Gasteiger partial charge >= 0.3 is 5.97 Å². The lowest BCUT2D eigenvalue weighted by molar-refractivity contribution is -0.150. The van der Waals surface area contributed by atoms with Crippen LogP contribution in [0, 0.1) is 5.92 Å². The molecule has 1 unspecified atom stereocenters. The number of carbonyl (C=O) groups is 2. The van der Waals surface area contributed by atoms with Crippen LogP contribution < -0.4 is 5.73 Å². The van der Waals surface area contributed by atoms with Crippen molar-refractivity contribution in [1.29, 1.82) is 0 Å². The number of methoxy groups -OCH3 is 1. The molecule has 0 aliphatic heterocycles. The van der Waals surface area contributed by atoms with Gasteiger partial charge in [0.25, 0.3) is 0 Å². The van der Waals surface area contributed by atoms with Crippen LogP contribution in [-0.4, -0.2) is 28.7 Å². The summed E-state index contributed by atoms with van der Waals surface area (Å²) in [6.07, 6.45) is 3.41. The number of esters is 1. The smallest absolute Gasteiger partial charge is 0.339 e. The standard InChI is InChI=1S/C22H24N2O4/c1-28-22(27)20(25)14-8-4-10-16-18(14)19-15(21(23)26)9-5-11-17(19)24(16)12-13-6-2-3-7-13/h4-5,8-11,13,20,25H,2-3,6-7,12H2,1H3,(H2,23,26). The van der Waals surface area contributed by atoms with E-state index in [1.54, 1.807) is 12.1 Å². The molecule has 1 atom stereocenters. The van der Waals surface area contributed by atoms with Crippen molar-refractivity contribution in [3.05, 3.63) is 47.5 Å². The van der Waals surface area contributed by atoms with E-state index >= 15 is 0 Å². The lowest BCUT2D eigenvalue weighted by atomic mass is 9.99. The molecule has 6 nitrogen and oxygen atoms in total. The minimum absolute atomic E-state index is 0.386. The highest BCUT2D eigenvalue weighted by molar-refractivity contribution is 6.19. The minimum atomic E-state index is -1.43. The summed E-state index contributed by atoms with van der Waals surface area (Å²) in [6.45, 7) is 0.833. The minimum Gasteiger partial charge on any atom is -0.467 e. The molecule has 3 N–H and O–H groups in total. The zero-order chi connectivity index (χ0) is 19.8. The molecule has 1 amide bonds. The van der Waals surface area contributed by atoms with E-state index in [2.05, 4.69) is 4.57 Å². The summed E-state index contributed by atoms with van der Waals surface area (Å²) in [6, 6.07) is 10.9. The second kappa shape index (κ2) is 7.28. The molecule has 146 valence electrons. The van der Waals surface area contributed by atoms with Gasteiger partial charge in [0.2, 0.25) is 5.91 Å². The quantitative estimate of drug-likeness (QED) is 0.664. The molecule has 0 radical (unpaired) electrons. The van der Waals surface area contributed by atoms with Gasteiger partial charge in [0.05, 0.1) is 7.11 Å². The third-order valence-corrected chi connectivity index (χ3v) is 5.85. The van der Waals surface area contributed by atoms with Crippen LogP contribution in [-0.2, 0) is 16.1 Å². The van der Waals surface area contributed by atoms with E-state index < -0.39 is 18.0 Å². The Kier molecular flexibility index (Phi) is 4.81. The molecule has 1 aromatic heterocycles. The molecule has 3 aromatic rings. The number of primary amides is 1.